The number of aliphatic carboxylic acids is 1. The van der Waals surface area contributed by atoms with Crippen LogP contribution >= 0.6 is 0 Å². The highest BCUT2D eigenvalue weighted by molar-refractivity contribution is 5.69. The van der Waals surface area contributed by atoms with Crippen molar-refractivity contribution in [1.82, 2.24) is 0 Å². The SMILES string of the molecule is CCCCCCCC/C=C\CCCCCCCC(=O)OC(CCCCCC)CCCCCCC(=O)O. The van der Waals surface area contributed by atoms with Gasteiger partial charge in [0.25, 0.3) is 0 Å². The lowest BCUT2D eigenvalue weighted by molar-refractivity contribution is -0.150. The number of carbonyl (C=O) groups is 2. The highest BCUT2D eigenvalue weighted by Crippen LogP contribution is 2.18. The first-order valence-electron chi connectivity index (χ1n) is 15.7. The van der Waals surface area contributed by atoms with E-state index in [4.69, 9.17) is 9.84 Å². The second-order valence-electron chi connectivity index (χ2n) is 10.6. The standard InChI is InChI=1S/C32H60O4/c1-3-5-7-9-10-11-12-13-14-15-16-17-18-19-25-29-32(35)36-30(26-22-8-6-4-2)27-23-20-21-24-28-31(33)34/h13-14,30H,3-12,15-29H2,1-2H3,(H,33,34)/b14-13-. The number of hydrogen-bond donors (Lipinski definition) is 1. The molecule has 0 aromatic carbocycles. The van der Waals surface area contributed by atoms with Crippen molar-refractivity contribution < 1.29 is 19.4 Å². The van der Waals surface area contributed by atoms with Crippen LogP contribution in [-0.2, 0) is 14.3 Å². The second kappa shape index (κ2) is 28.3. The van der Waals surface area contributed by atoms with E-state index in [1.54, 1.807) is 0 Å². The van der Waals surface area contributed by atoms with Crippen molar-refractivity contribution in [2.45, 2.75) is 180 Å². The number of esters is 1. The smallest absolute Gasteiger partial charge is 0.306 e. The first-order valence-corrected chi connectivity index (χ1v) is 15.7. The molecule has 4 nitrogen and oxygen atoms in total. The highest BCUT2D eigenvalue weighted by atomic mass is 16.5. The summed E-state index contributed by atoms with van der Waals surface area (Å²) in [4.78, 5) is 23.0. The van der Waals surface area contributed by atoms with Crippen LogP contribution in [0.15, 0.2) is 12.2 Å². The van der Waals surface area contributed by atoms with E-state index in [-0.39, 0.29) is 18.5 Å². The van der Waals surface area contributed by atoms with Crippen LogP contribution in [0, 0.1) is 0 Å². The molecule has 212 valence electrons. The molecule has 0 amide bonds. The van der Waals surface area contributed by atoms with Crippen LogP contribution < -0.4 is 0 Å². The van der Waals surface area contributed by atoms with E-state index >= 15 is 0 Å². The molecule has 4 heteroatoms. The Morgan fingerprint density at radius 2 is 1.00 bits per heavy atom. The lowest BCUT2D eigenvalue weighted by atomic mass is 10.0. The Morgan fingerprint density at radius 1 is 0.583 bits per heavy atom. The summed E-state index contributed by atoms with van der Waals surface area (Å²) in [6.07, 6.45) is 32.3. The average molecular weight is 509 g/mol. The fourth-order valence-electron chi connectivity index (χ4n) is 4.65. The molecule has 0 aromatic heterocycles. The normalized spacial score (nSPS) is 12.3. The van der Waals surface area contributed by atoms with Crippen LogP contribution in [-0.4, -0.2) is 23.1 Å². The maximum absolute atomic E-state index is 12.4. The molecule has 36 heavy (non-hydrogen) atoms. The van der Waals surface area contributed by atoms with E-state index in [9.17, 15) is 9.59 Å². The number of carboxylic acid groups (broad SMARTS) is 1. The number of hydrogen-bond acceptors (Lipinski definition) is 3. The van der Waals surface area contributed by atoms with Gasteiger partial charge in [0.15, 0.2) is 0 Å². The largest absolute Gasteiger partial charge is 0.481 e. The lowest BCUT2D eigenvalue weighted by Gasteiger charge is -2.18. The lowest BCUT2D eigenvalue weighted by Crippen LogP contribution is -2.18. The summed E-state index contributed by atoms with van der Waals surface area (Å²) in [5.41, 5.74) is 0. The minimum Gasteiger partial charge on any atom is -0.481 e. The number of rotatable bonds is 28. The maximum atomic E-state index is 12.4. The summed E-state index contributed by atoms with van der Waals surface area (Å²) in [5, 5.41) is 8.74. The van der Waals surface area contributed by atoms with Gasteiger partial charge in [-0.05, 0) is 64.2 Å². The molecule has 1 unspecified atom stereocenters. The van der Waals surface area contributed by atoms with Gasteiger partial charge in [0.05, 0.1) is 0 Å². The number of unbranched alkanes of at least 4 members (excludes halogenated alkanes) is 17. The third kappa shape index (κ3) is 27.3. The fourth-order valence-corrected chi connectivity index (χ4v) is 4.65. The predicted octanol–water partition coefficient (Wildman–Crippen LogP) is 10.3. The van der Waals surface area contributed by atoms with Crippen molar-refractivity contribution in [3.8, 4) is 0 Å². The van der Waals surface area contributed by atoms with Gasteiger partial charge < -0.3 is 9.84 Å². The minimum atomic E-state index is -0.714. The van der Waals surface area contributed by atoms with Crippen molar-refractivity contribution in [2.75, 3.05) is 0 Å². The van der Waals surface area contributed by atoms with Gasteiger partial charge in [0, 0.05) is 12.8 Å². The average Bonchev–Trinajstić information content (AvgIpc) is 2.85. The van der Waals surface area contributed by atoms with Gasteiger partial charge in [-0.3, -0.25) is 9.59 Å². The minimum absolute atomic E-state index is 0.0287. The van der Waals surface area contributed by atoms with E-state index in [0.29, 0.717) is 6.42 Å². The van der Waals surface area contributed by atoms with E-state index in [2.05, 4.69) is 26.0 Å². The Bertz CT molecular complexity index is 514. The quantitative estimate of drug-likeness (QED) is 0.0648. The first-order chi connectivity index (χ1) is 17.6. The number of carbonyl (C=O) groups excluding carboxylic acids is 1. The molecule has 1 atom stereocenters. The number of ether oxygens (including phenoxy) is 1. The van der Waals surface area contributed by atoms with Gasteiger partial charge >= 0.3 is 11.9 Å². The summed E-state index contributed by atoms with van der Waals surface area (Å²) >= 11 is 0. The Hall–Kier alpha value is -1.32. The van der Waals surface area contributed by atoms with Crippen molar-refractivity contribution in [2.24, 2.45) is 0 Å². The molecule has 0 aliphatic rings. The molecule has 0 aromatic rings. The topological polar surface area (TPSA) is 63.6 Å². The van der Waals surface area contributed by atoms with Crippen LogP contribution in [0.3, 0.4) is 0 Å². The molecule has 0 radical (unpaired) electrons. The molecule has 1 N–H and O–H groups in total. The fraction of sp³-hybridized carbons (Fsp3) is 0.875. The summed E-state index contributed by atoms with van der Waals surface area (Å²) < 4.78 is 5.85. The van der Waals surface area contributed by atoms with Gasteiger partial charge in [-0.2, -0.15) is 0 Å². The zero-order valence-corrected chi connectivity index (χ0v) is 24.1. The predicted molar refractivity (Wildman–Crippen MR) is 153 cm³/mol. The third-order valence-electron chi connectivity index (χ3n) is 6.99. The molecular formula is C32H60O4. The first kappa shape index (κ1) is 34.7. The summed E-state index contributed by atoms with van der Waals surface area (Å²) in [5.74, 6) is -0.743. The molecule has 0 spiro atoms. The van der Waals surface area contributed by atoms with Crippen LogP contribution in [0.2, 0.25) is 0 Å². The van der Waals surface area contributed by atoms with Crippen LogP contribution in [0.25, 0.3) is 0 Å². The van der Waals surface area contributed by atoms with Gasteiger partial charge in [-0.25, -0.2) is 0 Å². The van der Waals surface area contributed by atoms with Gasteiger partial charge in [0.1, 0.15) is 6.10 Å². The Morgan fingerprint density at radius 3 is 1.53 bits per heavy atom. The molecule has 0 aliphatic carbocycles. The Balaban J connectivity index is 3.80. The molecule has 0 saturated carbocycles. The zero-order chi connectivity index (χ0) is 26.5. The van der Waals surface area contributed by atoms with E-state index in [1.165, 1.54) is 89.9 Å². The second-order valence-corrected chi connectivity index (χ2v) is 10.6. The Kier molecular flexibility index (Phi) is 27.2. The molecule has 0 heterocycles. The van der Waals surface area contributed by atoms with Crippen molar-refractivity contribution in [1.29, 1.82) is 0 Å². The summed E-state index contributed by atoms with van der Waals surface area (Å²) in [7, 11) is 0. The van der Waals surface area contributed by atoms with Gasteiger partial charge in [-0.15, -0.1) is 0 Å². The molecule has 0 rings (SSSR count). The van der Waals surface area contributed by atoms with Crippen LogP contribution in [0.5, 0.6) is 0 Å². The summed E-state index contributed by atoms with van der Waals surface area (Å²) in [6, 6.07) is 0. The van der Waals surface area contributed by atoms with Crippen molar-refractivity contribution >= 4 is 11.9 Å². The molecule has 0 aliphatic heterocycles. The highest BCUT2D eigenvalue weighted by Gasteiger charge is 2.14. The third-order valence-corrected chi connectivity index (χ3v) is 6.99. The molecule has 0 saturated heterocycles. The van der Waals surface area contributed by atoms with E-state index in [0.717, 1.165) is 57.8 Å². The van der Waals surface area contributed by atoms with Crippen LogP contribution in [0.4, 0.5) is 0 Å². The Labute approximate surface area is 224 Å². The molecule has 0 fully saturated rings. The molecular weight excluding hydrogens is 448 g/mol. The zero-order valence-electron chi connectivity index (χ0n) is 24.1. The van der Waals surface area contributed by atoms with Crippen molar-refractivity contribution in [3.63, 3.8) is 0 Å². The van der Waals surface area contributed by atoms with Gasteiger partial charge in [-0.1, -0.05) is 109 Å². The number of allylic oxidation sites excluding steroid dienone is 2. The monoisotopic (exact) mass is 508 g/mol. The van der Waals surface area contributed by atoms with E-state index in [1.807, 2.05) is 0 Å². The van der Waals surface area contributed by atoms with Crippen LogP contribution in [0.1, 0.15) is 174 Å². The van der Waals surface area contributed by atoms with Gasteiger partial charge in [0.2, 0.25) is 0 Å². The molecule has 0 bridgehead atoms. The maximum Gasteiger partial charge on any atom is 0.306 e. The number of carboxylic acids is 1. The van der Waals surface area contributed by atoms with E-state index < -0.39 is 5.97 Å². The summed E-state index contributed by atoms with van der Waals surface area (Å²) in [6.45, 7) is 4.48. The van der Waals surface area contributed by atoms with Crippen molar-refractivity contribution in [3.05, 3.63) is 12.2 Å².